The van der Waals surface area contributed by atoms with E-state index in [2.05, 4.69) is 12.0 Å². The van der Waals surface area contributed by atoms with Crippen molar-refractivity contribution in [1.29, 1.82) is 5.26 Å². The third-order valence-corrected chi connectivity index (χ3v) is 11.4. The Labute approximate surface area is 333 Å². The van der Waals surface area contributed by atoms with Gasteiger partial charge in [-0.15, -0.1) is 0 Å². The fourth-order valence-electron chi connectivity index (χ4n) is 7.05. The Morgan fingerprint density at radius 2 is 1.50 bits per heavy atom. The van der Waals surface area contributed by atoms with E-state index in [0.717, 1.165) is 24.8 Å². The van der Waals surface area contributed by atoms with Crippen LogP contribution in [0.3, 0.4) is 0 Å². The number of hydrogen-bond donors (Lipinski definition) is 4. The van der Waals surface area contributed by atoms with E-state index < -0.39 is 43.9 Å². The lowest BCUT2D eigenvalue weighted by Gasteiger charge is -2.30. The van der Waals surface area contributed by atoms with E-state index in [4.69, 9.17) is 29.0 Å². The third kappa shape index (κ3) is 13.9. The van der Waals surface area contributed by atoms with Crippen LogP contribution in [-0.2, 0) is 40.0 Å². The van der Waals surface area contributed by atoms with Gasteiger partial charge in [-0.1, -0.05) is 134 Å². The number of aliphatic hydroxyl groups is 2. The van der Waals surface area contributed by atoms with Crippen molar-refractivity contribution in [2.24, 2.45) is 0 Å². The smallest absolute Gasteiger partial charge is 0.397 e. The van der Waals surface area contributed by atoms with Crippen LogP contribution in [0.5, 0.6) is 0 Å². The maximum absolute atomic E-state index is 13.1. The van der Waals surface area contributed by atoms with Crippen LogP contribution in [0.15, 0.2) is 54.7 Å². The molecule has 14 heteroatoms. The largest absolute Gasteiger partial charge is 0.472 e. The lowest BCUT2D eigenvalue weighted by Crippen LogP contribution is -2.41. The fourth-order valence-corrected chi connectivity index (χ4v) is 7.90. The van der Waals surface area contributed by atoms with E-state index in [-0.39, 0.29) is 25.5 Å². The van der Waals surface area contributed by atoms with Crippen LogP contribution >= 0.6 is 7.82 Å². The van der Waals surface area contributed by atoms with E-state index in [1.54, 1.807) is 19.1 Å². The van der Waals surface area contributed by atoms with Crippen LogP contribution in [0, 0.1) is 11.3 Å². The van der Waals surface area contributed by atoms with E-state index in [1.807, 2.05) is 36.4 Å². The first-order chi connectivity index (χ1) is 27.0. The summed E-state index contributed by atoms with van der Waals surface area (Å²) in [6, 6.07) is 16.2. The molecule has 5 N–H and O–H groups in total. The van der Waals surface area contributed by atoms with Crippen molar-refractivity contribution in [1.82, 2.24) is 9.61 Å². The predicted molar refractivity (Wildman–Crippen MR) is 216 cm³/mol. The SMILES string of the molecule is CCCCCCCCCCCCCCCCCCOC[C@](C)(COP(=O)(O)OC[C@H]1O[C@@](C#N)(c2ccc3c(N)ccnn23)[C@H](O)[C@@H]1O)OCc1ccccc1. The van der Waals surface area contributed by atoms with Crippen molar-refractivity contribution < 1.29 is 42.9 Å². The molecule has 1 saturated heterocycles. The zero-order chi connectivity index (χ0) is 40.3. The number of aliphatic hydroxyl groups excluding tert-OH is 2. The van der Waals surface area contributed by atoms with Crippen LogP contribution in [0.4, 0.5) is 5.69 Å². The molecule has 4 rings (SSSR count). The van der Waals surface area contributed by atoms with Crippen molar-refractivity contribution in [3.05, 3.63) is 66.0 Å². The molecule has 0 bridgehead atoms. The molecular weight excluding hydrogens is 735 g/mol. The van der Waals surface area contributed by atoms with Gasteiger partial charge >= 0.3 is 7.82 Å². The number of nitriles is 1. The topological polar surface area (TPSA) is 191 Å². The van der Waals surface area contributed by atoms with Crippen LogP contribution in [-0.4, -0.2) is 75.1 Å². The highest BCUT2D eigenvalue weighted by molar-refractivity contribution is 7.47. The molecule has 13 nitrogen and oxygen atoms in total. The zero-order valence-corrected chi connectivity index (χ0v) is 34.3. The van der Waals surface area contributed by atoms with Gasteiger partial charge in [0.25, 0.3) is 0 Å². The quantitative estimate of drug-likeness (QED) is 0.0390. The number of unbranched alkanes of at least 4 members (excludes halogenated alkanes) is 15. The van der Waals surface area contributed by atoms with Crippen molar-refractivity contribution in [2.45, 2.75) is 153 Å². The second-order valence-corrected chi connectivity index (χ2v) is 16.8. The van der Waals surface area contributed by atoms with Crippen molar-refractivity contribution >= 4 is 19.0 Å². The average Bonchev–Trinajstić information content (AvgIpc) is 3.75. The normalized spacial score (nSPS) is 21.9. The molecule has 312 valence electrons. The second-order valence-electron chi connectivity index (χ2n) is 15.4. The number of fused-ring (bicyclic) bond motifs is 1. The molecule has 56 heavy (non-hydrogen) atoms. The summed E-state index contributed by atoms with van der Waals surface area (Å²) >= 11 is 0. The first kappa shape index (κ1) is 45.8. The number of nitrogens with zero attached hydrogens (tertiary/aromatic N) is 3. The minimum Gasteiger partial charge on any atom is -0.397 e. The molecule has 3 aromatic rings. The van der Waals surface area contributed by atoms with E-state index in [9.17, 15) is 24.9 Å². The Bertz CT molecular complexity index is 1660. The minimum absolute atomic E-state index is 0.115. The van der Waals surface area contributed by atoms with Gasteiger partial charge in [0.15, 0.2) is 0 Å². The summed E-state index contributed by atoms with van der Waals surface area (Å²) in [6.45, 7) is 3.87. The van der Waals surface area contributed by atoms with Crippen molar-refractivity contribution in [3.63, 3.8) is 0 Å². The molecule has 0 spiro atoms. The van der Waals surface area contributed by atoms with Gasteiger partial charge in [-0.3, -0.25) is 9.05 Å². The highest BCUT2D eigenvalue weighted by Crippen LogP contribution is 2.47. The summed E-state index contributed by atoms with van der Waals surface area (Å²) in [5, 5.41) is 36.2. The minimum atomic E-state index is -4.74. The van der Waals surface area contributed by atoms with Gasteiger partial charge in [-0.05, 0) is 37.1 Å². The predicted octanol–water partition coefficient (Wildman–Crippen LogP) is 8.14. The summed E-state index contributed by atoms with van der Waals surface area (Å²) in [4.78, 5) is 10.7. The molecule has 1 aliphatic rings. The van der Waals surface area contributed by atoms with E-state index in [1.165, 1.54) is 100 Å². The van der Waals surface area contributed by atoms with Crippen LogP contribution in [0.25, 0.3) is 5.52 Å². The molecule has 0 saturated carbocycles. The van der Waals surface area contributed by atoms with Gasteiger partial charge < -0.3 is 35.1 Å². The molecule has 1 unspecified atom stereocenters. The summed E-state index contributed by atoms with van der Waals surface area (Å²) in [6.07, 6.45) is 17.3. The first-order valence-electron chi connectivity index (χ1n) is 20.6. The lowest BCUT2D eigenvalue weighted by atomic mass is 9.92. The maximum Gasteiger partial charge on any atom is 0.472 e. The summed E-state index contributed by atoms with van der Waals surface area (Å²) in [5.41, 5.74) is 4.77. The van der Waals surface area contributed by atoms with Crippen LogP contribution in [0.2, 0.25) is 0 Å². The molecule has 0 amide bonds. The number of aromatic nitrogens is 2. The molecule has 0 aliphatic carbocycles. The number of phosphoric ester groups is 1. The number of benzene rings is 1. The lowest BCUT2D eigenvalue weighted by molar-refractivity contribution is -0.120. The molecule has 6 atom stereocenters. The van der Waals surface area contributed by atoms with Crippen molar-refractivity contribution in [3.8, 4) is 6.07 Å². The molecule has 1 aromatic carbocycles. The Kier molecular flexibility index (Phi) is 19.2. The Morgan fingerprint density at radius 1 is 0.893 bits per heavy atom. The third-order valence-electron chi connectivity index (χ3n) is 10.5. The summed E-state index contributed by atoms with van der Waals surface area (Å²) < 4.78 is 43.2. The number of rotatable bonds is 29. The fraction of sp³-hybridized carbons (Fsp3) is 0.667. The standard InChI is InChI=1S/C42H65N4O9P/c1-3-4-5-6-7-8-9-10-11-12-13-14-15-16-17-21-28-51-32-41(2,52-29-34-22-19-18-20-23-34)33-54-56(49,50)53-30-37-39(47)40(48)42(31-43,55-37)38-25-24-36-35(44)26-27-45-46(36)38/h18-20,22-27,37,39-40,47-48H,3-17,21,28-30,32-33,44H2,1-2H3,(H,49,50)/t37-,39-,40-,41-,42+/m1/s1. The molecule has 1 aliphatic heterocycles. The number of anilines is 1. The van der Waals surface area contributed by atoms with Gasteiger partial charge in [-0.25, -0.2) is 9.08 Å². The maximum atomic E-state index is 13.1. The molecule has 0 radical (unpaired) electrons. The van der Waals surface area contributed by atoms with Gasteiger partial charge in [0.1, 0.15) is 30.0 Å². The summed E-state index contributed by atoms with van der Waals surface area (Å²) in [5.74, 6) is 0. The molecule has 1 fully saturated rings. The average molecular weight is 801 g/mol. The van der Waals surface area contributed by atoms with Gasteiger partial charge in [-0.2, -0.15) is 10.4 Å². The van der Waals surface area contributed by atoms with Gasteiger partial charge in [0, 0.05) is 12.8 Å². The van der Waals surface area contributed by atoms with E-state index in [0.29, 0.717) is 17.8 Å². The van der Waals surface area contributed by atoms with Crippen LogP contribution in [0.1, 0.15) is 128 Å². The highest BCUT2D eigenvalue weighted by atomic mass is 31.2. The van der Waals surface area contributed by atoms with Gasteiger partial charge in [0.05, 0.1) is 43.3 Å². The molecule has 2 aromatic heterocycles. The number of phosphoric acid groups is 1. The number of hydrogen-bond acceptors (Lipinski definition) is 11. The van der Waals surface area contributed by atoms with E-state index >= 15 is 0 Å². The number of nitrogen functional groups attached to an aromatic ring is 1. The first-order valence-corrected chi connectivity index (χ1v) is 22.1. The highest BCUT2D eigenvalue weighted by Gasteiger charge is 2.58. The molecule has 3 heterocycles. The van der Waals surface area contributed by atoms with Crippen LogP contribution < -0.4 is 5.73 Å². The summed E-state index contributed by atoms with van der Waals surface area (Å²) in [7, 11) is -4.74. The number of ether oxygens (including phenoxy) is 3. The Hall–Kier alpha value is -2.89. The Balaban J connectivity index is 1.18. The second kappa shape index (κ2) is 23.5. The monoisotopic (exact) mass is 800 g/mol. The van der Waals surface area contributed by atoms with Gasteiger partial charge in [0.2, 0.25) is 5.60 Å². The Morgan fingerprint density at radius 3 is 2.11 bits per heavy atom. The number of nitrogens with two attached hydrogens (primary N) is 1. The molecular formula is C42H65N4O9P. The van der Waals surface area contributed by atoms with Crippen molar-refractivity contribution in [2.75, 3.05) is 32.2 Å². The zero-order valence-electron chi connectivity index (χ0n) is 33.4.